The Balaban J connectivity index is 1.34. The van der Waals surface area contributed by atoms with Crippen molar-refractivity contribution in [2.24, 2.45) is 29.6 Å². The first kappa shape index (κ1) is 21.0. The predicted octanol–water partition coefficient (Wildman–Crippen LogP) is 5.08. The van der Waals surface area contributed by atoms with E-state index in [4.69, 9.17) is 11.6 Å². The molecule has 2 aromatic carbocycles. The number of aromatic amines is 1. The van der Waals surface area contributed by atoms with Crippen molar-refractivity contribution < 1.29 is 9.59 Å². The molecule has 2 saturated carbocycles. The Hall–Kier alpha value is -2.35. The zero-order valence-corrected chi connectivity index (χ0v) is 20.6. The van der Waals surface area contributed by atoms with Gasteiger partial charge in [-0.3, -0.25) is 19.3 Å². The van der Waals surface area contributed by atoms with E-state index in [-0.39, 0.29) is 57.4 Å². The number of carbonyl (C=O) groups is 2. The minimum absolute atomic E-state index is 0.0373. The fraction of sp³-hybridized carbons (Fsp3) is 0.346. The molecule has 3 fully saturated rings. The molecule has 5 nitrogen and oxygen atoms in total. The average Bonchev–Trinajstić information content (AvgIpc) is 3.54. The van der Waals surface area contributed by atoms with Crippen LogP contribution in [0.25, 0.3) is 0 Å². The lowest BCUT2D eigenvalue weighted by Crippen LogP contribution is -2.42. The Bertz CT molecular complexity index is 1410. The van der Waals surface area contributed by atoms with Gasteiger partial charge in [0.15, 0.2) is 0 Å². The number of aryl methyl sites for hydroxylation is 1. The van der Waals surface area contributed by atoms with Gasteiger partial charge in [0.25, 0.3) is 0 Å². The number of imide groups is 1. The van der Waals surface area contributed by atoms with Crippen molar-refractivity contribution in [2.75, 3.05) is 4.90 Å². The maximum absolute atomic E-state index is 13.7. The number of amides is 2. The topological polar surface area (TPSA) is 70.2 Å². The van der Waals surface area contributed by atoms with Crippen LogP contribution in [0.1, 0.15) is 28.3 Å². The Morgan fingerprint density at radius 3 is 2.41 bits per heavy atom. The van der Waals surface area contributed by atoms with Gasteiger partial charge in [0.05, 0.1) is 22.5 Å². The molecule has 8 heteroatoms. The van der Waals surface area contributed by atoms with Gasteiger partial charge < -0.3 is 4.98 Å². The molecule has 4 aliphatic rings. The van der Waals surface area contributed by atoms with Crippen molar-refractivity contribution in [3.05, 3.63) is 79.2 Å². The first-order valence-electron chi connectivity index (χ1n) is 11.5. The van der Waals surface area contributed by atoms with Crippen LogP contribution in [0.5, 0.6) is 0 Å². The van der Waals surface area contributed by atoms with Crippen molar-refractivity contribution in [2.45, 2.75) is 29.5 Å². The van der Waals surface area contributed by atoms with E-state index in [9.17, 15) is 14.4 Å². The molecule has 172 valence electrons. The second-order valence-corrected chi connectivity index (χ2v) is 12.4. The lowest BCUT2D eigenvalue weighted by atomic mass is 9.67. The normalized spacial score (nSPS) is 33.2. The van der Waals surface area contributed by atoms with Crippen molar-refractivity contribution in [1.82, 2.24) is 4.98 Å². The van der Waals surface area contributed by atoms with Gasteiger partial charge in [0, 0.05) is 21.1 Å². The average molecular weight is 509 g/mol. The molecule has 2 aliphatic carbocycles. The number of nitrogens with one attached hydrogen (secondary N) is 1. The van der Waals surface area contributed by atoms with Crippen LogP contribution in [-0.2, 0) is 9.59 Å². The molecule has 1 N–H and O–H groups in total. The van der Waals surface area contributed by atoms with Crippen LogP contribution in [0, 0.1) is 36.5 Å². The van der Waals surface area contributed by atoms with E-state index in [2.05, 4.69) is 30.1 Å². The molecule has 2 aliphatic heterocycles. The third-order valence-corrected chi connectivity index (χ3v) is 11.2. The smallest absolute Gasteiger partial charge is 0.305 e. The maximum Gasteiger partial charge on any atom is 0.305 e. The number of thioether (sulfide) groups is 1. The van der Waals surface area contributed by atoms with Crippen molar-refractivity contribution in [3.63, 3.8) is 0 Å². The van der Waals surface area contributed by atoms with E-state index in [0.29, 0.717) is 10.7 Å². The maximum atomic E-state index is 13.7. The van der Waals surface area contributed by atoms with Gasteiger partial charge in [-0.15, -0.1) is 11.8 Å². The van der Waals surface area contributed by atoms with E-state index in [1.165, 1.54) is 27.4 Å². The Morgan fingerprint density at radius 1 is 0.971 bits per heavy atom. The van der Waals surface area contributed by atoms with Crippen LogP contribution in [0.3, 0.4) is 0 Å². The van der Waals surface area contributed by atoms with Crippen molar-refractivity contribution in [1.29, 1.82) is 0 Å². The fourth-order valence-electron chi connectivity index (χ4n) is 7.15. The molecular weight excluding hydrogens is 488 g/mol. The molecule has 2 bridgehead atoms. The van der Waals surface area contributed by atoms with Crippen LogP contribution >= 0.6 is 34.7 Å². The monoisotopic (exact) mass is 508 g/mol. The summed E-state index contributed by atoms with van der Waals surface area (Å²) in [5, 5.41) is 1.72. The molecule has 7 rings (SSSR count). The number of anilines is 1. The summed E-state index contributed by atoms with van der Waals surface area (Å²) in [6.07, 6.45) is 0.894. The largest absolute Gasteiger partial charge is 0.307 e. The number of benzene rings is 2. The molecule has 3 heterocycles. The Kier molecular flexibility index (Phi) is 4.52. The molecule has 2 amide bonds. The molecule has 3 aromatic rings. The van der Waals surface area contributed by atoms with Gasteiger partial charge in [-0.25, -0.2) is 0 Å². The number of aromatic nitrogens is 1. The number of fused-ring (bicyclic) bond motifs is 9. The van der Waals surface area contributed by atoms with Crippen molar-refractivity contribution >= 4 is 52.2 Å². The van der Waals surface area contributed by atoms with E-state index in [0.717, 1.165) is 16.3 Å². The summed E-state index contributed by atoms with van der Waals surface area (Å²) < 4.78 is 0. The molecule has 0 radical (unpaired) electrons. The lowest BCUT2D eigenvalue weighted by Gasteiger charge is -2.43. The van der Waals surface area contributed by atoms with Gasteiger partial charge in [0.1, 0.15) is 0 Å². The molecule has 0 spiro atoms. The minimum atomic E-state index is -0.293. The summed E-state index contributed by atoms with van der Waals surface area (Å²) >= 11 is 9.06. The predicted molar refractivity (Wildman–Crippen MR) is 134 cm³/mol. The van der Waals surface area contributed by atoms with E-state index >= 15 is 0 Å². The summed E-state index contributed by atoms with van der Waals surface area (Å²) in [5.74, 6) is -0.207. The quantitative estimate of drug-likeness (QED) is 0.490. The number of nitrogens with zero attached hydrogens (tertiary/aromatic N) is 1. The Morgan fingerprint density at radius 2 is 1.68 bits per heavy atom. The number of carbonyl (C=O) groups excluding carboxylic acids is 2. The van der Waals surface area contributed by atoms with E-state index in [1.54, 1.807) is 36.0 Å². The SMILES string of the molecule is Cc1ccccc1C1c2sc(=O)[nH]c2SC2C3CC(C4C(=O)N(c5ccc(Cl)cc5)C(=O)C34)C12. The fourth-order valence-corrected chi connectivity index (χ4v) is 10.2. The van der Waals surface area contributed by atoms with Crippen LogP contribution < -0.4 is 9.77 Å². The number of H-pyrrole nitrogens is 1. The van der Waals surface area contributed by atoms with Crippen LogP contribution in [-0.4, -0.2) is 22.0 Å². The zero-order valence-electron chi connectivity index (χ0n) is 18.2. The van der Waals surface area contributed by atoms with Gasteiger partial charge >= 0.3 is 4.87 Å². The second kappa shape index (κ2) is 7.33. The van der Waals surface area contributed by atoms with Gasteiger partial charge in [0.2, 0.25) is 11.8 Å². The summed E-state index contributed by atoms with van der Waals surface area (Å²) in [4.78, 5) is 45.2. The van der Waals surface area contributed by atoms with Crippen LogP contribution in [0.15, 0.2) is 58.4 Å². The second-order valence-electron chi connectivity index (χ2n) is 9.81. The first-order valence-corrected chi connectivity index (χ1v) is 13.6. The lowest BCUT2D eigenvalue weighted by molar-refractivity contribution is -0.123. The third-order valence-electron chi connectivity index (χ3n) is 8.33. The van der Waals surface area contributed by atoms with Crippen LogP contribution in [0.2, 0.25) is 5.02 Å². The molecular formula is C26H21ClN2O3S2. The van der Waals surface area contributed by atoms with Gasteiger partial charge in [-0.05, 0) is 66.5 Å². The number of hydrogen-bond acceptors (Lipinski definition) is 5. The number of halogens is 1. The number of rotatable bonds is 2. The number of hydrogen-bond donors (Lipinski definition) is 1. The molecule has 7 unspecified atom stereocenters. The highest BCUT2D eigenvalue weighted by Crippen LogP contribution is 2.68. The zero-order chi connectivity index (χ0) is 23.3. The number of thiazole rings is 1. The molecule has 1 saturated heterocycles. The molecule has 34 heavy (non-hydrogen) atoms. The first-order chi connectivity index (χ1) is 16.4. The summed E-state index contributed by atoms with van der Waals surface area (Å²) in [6.45, 7) is 2.11. The highest BCUT2D eigenvalue weighted by atomic mass is 35.5. The third kappa shape index (κ3) is 2.72. The minimum Gasteiger partial charge on any atom is -0.307 e. The summed E-state index contributed by atoms with van der Waals surface area (Å²) in [5.41, 5.74) is 3.02. The Labute approximate surface area is 209 Å². The van der Waals surface area contributed by atoms with E-state index in [1.807, 2.05) is 6.07 Å². The molecule has 1 aromatic heterocycles. The highest BCUT2D eigenvalue weighted by molar-refractivity contribution is 8.00. The highest BCUT2D eigenvalue weighted by Gasteiger charge is 2.69. The van der Waals surface area contributed by atoms with Crippen LogP contribution in [0.4, 0.5) is 5.69 Å². The standard InChI is InChI=1S/C26H21ClN2O3S2/c1-11-4-2-3-5-14(11)17-18-15-10-16(21(18)33-23-22(17)34-26(32)28-23)20-19(15)24(30)29(25(20)31)13-8-6-12(27)7-9-13/h2-9,15-21H,10H2,1H3,(H,28,32). The van der Waals surface area contributed by atoms with Crippen molar-refractivity contribution in [3.8, 4) is 0 Å². The summed E-state index contributed by atoms with van der Waals surface area (Å²) in [6, 6.07) is 15.3. The van der Waals surface area contributed by atoms with Gasteiger partial charge in [-0.2, -0.15) is 0 Å². The van der Waals surface area contributed by atoms with Gasteiger partial charge in [-0.1, -0.05) is 47.2 Å². The summed E-state index contributed by atoms with van der Waals surface area (Å²) in [7, 11) is 0. The molecule has 7 atom stereocenters. The van der Waals surface area contributed by atoms with E-state index < -0.39 is 0 Å².